The molecule has 2 aromatic carbocycles. The van der Waals surface area contributed by atoms with Crippen molar-refractivity contribution >= 4 is 5.97 Å². The molecule has 1 aliphatic rings. The maximum absolute atomic E-state index is 12.1. The number of benzene rings is 2. The van der Waals surface area contributed by atoms with E-state index in [0.29, 0.717) is 6.61 Å². The molecule has 0 aromatic heterocycles. The summed E-state index contributed by atoms with van der Waals surface area (Å²) in [6.07, 6.45) is 2.34. The highest BCUT2D eigenvalue weighted by Gasteiger charge is 2.34. The maximum atomic E-state index is 12.1. The van der Waals surface area contributed by atoms with Crippen molar-refractivity contribution in [3.05, 3.63) is 71.8 Å². The van der Waals surface area contributed by atoms with Gasteiger partial charge in [-0.3, -0.25) is 9.63 Å². The van der Waals surface area contributed by atoms with Gasteiger partial charge in [-0.1, -0.05) is 67.6 Å². The van der Waals surface area contributed by atoms with Crippen LogP contribution in [0, 0.1) is 5.92 Å². The van der Waals surface area contributed by atoms with Crippen molar-refractivity contribution in [2.24, 2.45) is 5.92 Å². The first-order valence-corrected chi connectivity index (χ1v) is 9.92. The first-order chi connectivity index (χ1) is 13.2. The molecule has 1 aliphatic heterocycles. The number of hydroxylamine groups is 2. The van der Waals surface area contributed by atoms with Gasteiger partial charge in [0.1, 0.15) is 6.10 Å². The zero-order valence-electron chi connectivity index (χ0n) is 16.2. The van der Waals surface area contributed by atoms with Crippen LogP contribution in [0.4, 0.5) is 0 Å². The summed E-state index contributed by atoms with van der Waals surface area (Å²) < 4.78 is 5.23. The molecule has 2 aromatic rings. The Morgan fingerprint density at radius 2 is 1.63 bits per heavy atom. The van der Waals surface area contributed by atoms with Crippen molar-refractivity contribution in [3.8, 4) is 0 Å². The van der Waals surface area contributed by atoms with Gasteiger partial charge in [0.2, 0.25) is 0 Å². The van der Waals surface area contributed by atoms with Gasteiger partial charge in [0.15, 0.2) is 0 Å². The third kappa shape index (κ3) is 4.96. The molecule has 4 nitrogen and oxygen atoms in total. The lowest BCUT2D eigenvalue weighted by Crippen LogP contribution is -2.45. The van der Waals surface area contributed by atoms with Crippen molar-refractivity contribution in [3.63, 3.8) is 0 Å². The SMILES string of the molecule is CCOC(=O)C1CCN(OC(c2ccccc2)c2ccccc2)C(CC)C1. The lowest BCUT2D eigenvalue weighted by Gasteiger charge is -2.39. The minimum Gasteiger partial charge on any atom is -0.466 e. The summed E-state index contributed by atoms with van der Waals surface area (Å²) in [5, 5.41) is 2.08. The molecule has 2 atom stereocenters. The molecule has 0 spiro atoms. The first-order valence-electron chi connectivity index (χ1n) is 9.92. The molecule has 3 rings (SSSR count). The van der Waals surface area contributed by atoms with Gasteiger partial charge in [-0.05, 0) is 37.3 Å². The molecule has 1 saturated heterocycles. The summed E-state index contributed by atoms with van der Waals surface area (Å²) in [6.45, 7) is 5.18. The fraction of sp³-hybridized carbons (Fsp3) is 0.435. The standard InChI is InChI=1S/C23H29NO3/c1-3-21-17-20(23(25)26-4-2)15-16-24(21)27-22(18-11-7-5-8-12-18)19-13-9-6-10-14-19/h5-14,20-22H,3-4,15-17H2,1-2H3. The Morgan fingerprint density at radius 3 is 2.15 bits per heavy atom. The third-order valence-corrected chi connectivity index (χ3v) is 5.20. The Hall–Kier alpha value is -2.17. The molecule has 0 radical (unpaired) electrons. The lowest BCUT2D eigenvalue weighted by atomic mass is 9.91. The fourth-order valence-corrected chi connectivity index (χ4v) is 3.72. The number of carbonyl (C=O) groups is 1. The number of nitrogens with zero attached hydrogens (tertiary/aromatic N) is 1. The van der Waals surface area contributed by atoms with Gasteiger partial charge in [-0.2, -0.15) is 5.06 Å². The molecule has 2 unspecified atom stereocenters. The molecule has 4 heteroatoms. The summed E-state index contributed by atoms with van der Waals surface area (Å²) in [5.41, 5.74) is 2.26. The Kier molecular flexibility index (Phi) is 7.02. The Labute approximate surface area is 162 Å². The normalized spacial score (nSPS) is 20.6. The quantitative estimate of drug-likeness (QED) is 0.661. The molecule has 0 amide bonds. The van der Waals surface area contributed by atoms with Crippen molar-refractivity contribution in [1.82, 2.24) is 5.06 Å². The van der Waals surface area contributed by atoms with Gasteiger partial charge in [-0.25, -0.2) is 0 Å². The molecule has 1 heterocycles. The van der Waals surface area contributed by atoms with Crippen LogP contribution in [0.1, 0.15) is 50.3 Å². The van der Waals surface area contributed by atoms with E-state index in [0.717, 1.165) is 36.9 Å². The molecule has 0 bridgehead atoms. The molecule has 27 heavy (non-hydrogen) atoms. The van der Waals surface area contributed by atoms with E-state index >= 15 is 0 Å². The Balaban J connectivity index is 1.77. The maximum Gasteiger partial charge on any atom is 0.309 e. The molecular formula is C23H29NO3. The van der Waals surface area contributed by atoms with Gasteiger partial charge in [0.05, 0.1) is 12.5 Å². The smallest absolute Gasteiger partial charge is 0.309 e. The van der Waals surface area contributed by atoms with Crippen LogP contribution in [-0.4, -0.2) is 30.2 Å². The average molecular weight is 367 g/mol. The van der Waals surface area contributed by atoms with Gasteiger partial charge in [0, 0.05) is 12.6 Å². The molecule has 144 valence electrons. The van der Waals surface area contributed by atoms with Crippen LogP contribution >= 0.6 is 0 Å². The zero-order valence-corrected chi connectivity index (χ0v) is 16.2. The largest absolute Gasteiger partial charge is 0.466 e. The van der Waals surface area contributed by atoms with Crippen LogP contribution in [0.3, 0.4) is 0 Å². The average Bonchev–Trinajstić information content (AvgIpc) is 2.73. The predicted molar refractivity (Wildman–Crippen MR) is 106 cm³/mol. The summed E-state index contributed by atoms with van der Waals surface area (Å²) in [4.78, 5) is 18.7. The van der Waals surface area contributed by atoms with E-state index < -0.39 is 0 Å². The van der Waals surface area contributed by atoms with Gasteiger partial charge >= 0.3 is 5.97 Å². The fourth-order valence-electron chi connectivity index (χ4n) is 3.72. The number of carbonyl (C=O) groups excluding carboxylic acids is 1. The highest BCUT2D eigenvalue weighted by atomic mass is 16.7. The van der Waals surface area contributed by atoms with Crippen molar-refractivity contribution in [1.29, 1.82) is 0 Å². The van der Waals surface area contributed by atoms with Gasteiger partial charge < -0.3 is 4.74 Å². The summed E-state index contributed by atoms with van der Waals surface area (Å²) in [6, 6.07) is 20.8. The monoisotopic (exact) mass is 367 g/mol. The molecule has 1 fully saturated rings. The van der Waals surface area contributed by atoms with Gasteiger partial charge in [0.25, 0.3) is 0 Å². The second-order valence-electron chi connectivity index (χ2n) is 6.98. The minimum atomic E-state index is -0.152. The van der Waals surface area contributed by atoms with Crippen LogP contribution in [0.5, 0.6) is 0 Å². The van der Waals surface area contributed by atoms with Crippen molar-refractivity contribution in [2.75, 3.05) is 13.2 Å². The first kappa shape index (κ1) is 19.6. The second kappa shape index (κ2) is 9.67. The molecule has 0 saturated carbocycles. The minimum absolute atomic E-state index is 0.0262. The number of esters is 1. The van der Waals surface area contributed by atoms with Crippen molar-refractivity contribution in [2.45, 2.75) is 45.3 Å². The van der Waals surface area contributed by atoms with E-state index in [4.69, 9.17) is 9.57 Å². The topological polar surface area (TPSA) is 38.8 Å². The number of rotatable bonds is 7. The van der Waals surface area contributed by atoms with Crippen LogP contribution in [0.15, 0.2) is 60.7 Å². The van der Waals surface area contributed by atoms with Crippen LogP contribution in [-0.2, 0) is 14.4 Å². The summed E-state index contributed by atoms with van der Waals surface area (Å²) in [7, 11) is 0. The van der Waals surface area contributed by atoms with Crippen LogP contribution in [0.25, 0.3) is 0 Å². The number of piperidine rings is 1. The van der Waals surface area contributed by atoms with E-state index in [-0.39, 0.29) is 24.0 Å². The Bertz CT molecular complexity index is 665. The van der Waals surface area contributed by atoms with Crippen LogP contribution in [0.2, 0.25) is 0 Å². The third-order valence-electron chi connectivity index (χ3n) is 5.20. The van der Waals surface area contributed by atoms with E-state index in [1.165, 1.54) is 0 Å². The van der Waals surface area contributed by atoms with E-state index in [1.54, 1.807) is 0 Å². The van der Waals surface area contributed by atoms with E-state index in [1.807, 2.05) is 43.3 Å². The van der Waals surface area contributed by atoms with Crippen LogP contribution < -0.4 is 0 Å². The Morgan fingerprint density at radius 1 is 1.04 bits per heavy atom. The molecule has 0 N–H and O–H groups in total. The molecule has 0 aliphatic carbocycles. The highest BCUT2D eigenvalue weighted by Crippen LogP contribution is 2.32. The van der Waals surface area contributed by atoms with Crippen molar-refractivity contribution < 1.29 is 14.4 Å². The van der Waals surface area contributed by atoms with E-state index in [9.17, 15) is 4.79 Å². The van der Waals surface area contributed by atoms with E-state index in [2.05, 4.69) is 36.3 Å². The van der Waals surface area contributed by atoms with Gasteiger partial charge in [-0.15, -0.1) is 0 Å². The number of hydrogen-bond acceptors (Lipinski definition) is 4. The number of ether oxygens (including phenoxy) is 1. The number of hydrogen-bond donors (Lipinski definition) is 0. The summed E-state index contributed by atoms with van der Waals surface area (Å²) in [5.74, 6) is -0.0973. The predicted octanol–water partition coefficient (Wildman–Crippen LogP) is 4.76. The molecular weight excluding hydrogens is 338 g/mol. The lowest BCUT2D eigenvalue weighted by molar-refractivity contribution is -0.230. The zero-order chi connectivity index (χ0) is 19.1. The highest BCUT2D eigenvalue weighted by molar-refractivity contribution is 5.72. The summed E-state index contributed by atoms with van der Waals surface area (Å²) >= 11 is 0. The second-order valence-corrected chi connectivity index (χ2v) is 6.98.